The predicted molar refractivity (Wildman–Crippen MR) is 72.5 cm³/mol. The number of carbonyl (C=O) groups is 1. The van der Waals surface area contributed by atoms with E-state index in [4.69, 9.17) is 16.7 Å². The summed E-state index contributed by atoms with van der Waals surface area (Å²) >= 11 is 5.70. The van der Waals surface area contributed by atoms with Gasteiger partial charge in [-0.05, 0) is 29.8 Å². The van der Waals surface area contributed by atoms with Gasteiger partial charge in [0.2, 0.25) is 0 Å². The van der Waals surface area contributed by atoms with Crippen molar-refractivity contribution in [3.8, 4) is 0 Å². The average molecular weight is 280 g/mol. The SMILES string of the molecule is O=C(O)Cc1ccccc1Nc1ccc(F)c(Cl)c1. The number of hydrogen-bond donors (Lipinski definition) is 2. The molecule has 98 valence electrons. The van der Waals surface area contributed by atoms with Crippen LogP contribution in [-0.2, 0) is 11.2 Å². The van der Waals surface area contributed by atoms with Crippen molar-refractivity contribution in [2.75, 3.05) is 5.32 Å². The van der Waals surface area contributed by atoms with E-state index in [-0.39, 0.29) is 11.4 Å². The van der Waals surface area contributed by atoms with E-state index in [0.29, 0.717) is 16.9 Å². The van der Waals surface area contributed by atoms with Crippen molar-refractivity contribution in [3.05, 3.63) is 58.9 Å². The van der Waals surface area contributed by atoms with Crippen LogP contribution in [0.2, 0.25) is 5.02 Å². The Hall–Kier alpha value is -2.07. The normalized spacial score (nSPS) is 10.2. The molecule has 0 radical (unpaired) electrons. The van der Waals surface area contributed by atoms with E-state index in [9.17, 15) is 9.18 Å². The molecule has 0 unspecified atom stereocenters. The summed E-state index contributed by atoms with van der Waals surface area (Å²) in [4.78, 5) is 10.8. The largest absolute Gasteiger partial charge is 0.481 e. The van der Waals surface area contributed by atoms with E-state index in [1.807, 2.05) is 0 Å². The first-order valence-corrected chi connectivity index (χ1v) is 5.96. The van der Waals surface area contributed by atoms with Gasteiger partial charge < -0.3 is 10.4 Å². The maximum atomic E-state index is 13.1. The van der Waals surface area contributed by atoms with Crippen molar-refractivity contribution in [2.45, 2.75) is 6.42 Å². The van der Waals surface area contributed by atoms with Gasteiger partial charge in [-0.3, -0.25) is 4.79 Å². The van der Waals surface area contributed by atoms with Crippen LogP contribution in [0.5, 0.6) is 0 Å². The Bertz CT molecular complexity index is 616. The minimum atomic E-state index is -0.911. The Morgan fingerprint density at radius 3 is 2.68 bits per heavy atom. The van der Waals surface area contributed by atoms with Crippen LogP contribution in [0.15, 0.2) is 42.5 Å². The van der Waals surface area contributed by atoms with Crippen LogP contribution in [0, 0.1) is 5.82 Å². The maximum Gasteiger partial charge on any atom is 0.307 e. The molecule has 3 nitrogen and oxygen atoms in total. The molecule has 2 rings (SSSR count). The lowest BCUT2D eigenvalue weighted by Crippen LogP contribution is -2.03. The zero-order valence-corrected chi connectivity index (χ0v) is 10.6. The lowest BCUT2D eigenvalue weighted by molar-refractivity contribution is -0.136. The van der Waals surface area contributed by atoms with Crippen LogP contribution < -0.4 is 5.32 Å². The maximum absolute atomic E-state index is 13.1. The standard InChI is InChI=1S/C14H11ClFNO2/c15-11-8-10(5-6-12(11)16)17-13-4-2-1-3-9(13)7-14(18)19/h1-6,8,17H,7H2,(H,18,19). The monoisotopic (exact) mass is 279 g/mol. The molecule has 19 heavy (non-hydrogen) atoms. The van der Waals surface area contributed by atoms with Gasteiger partial charge in [0.1, 0.15) is 5.82 Å². The second-order valence-electron chi connectivity index (χ2n) is 3.98. The summed E-state index contributed by atoms with van der Waals surface area (Å²) in [5, 5.41) is 11.9. The highest BCUT2D eigenvalue weighted by molar-refractivity contribution is 6.31. The van der Waals surface area contributed by atoms with Gasteiger partial charge in [0.05, 0.1) is 11.4 Å². The van der Waals surface area contributed by atoms with Crippen molar-refractivity contribution in [1.82, 2.24) is 0 Å². The lowest BCUT2D eigenvalue weighted by atomic mass is 10.1. The summed E-state index contributed by atoms with van der Waals surface area (Å²) in [6.07, 6.45) is -0.0852. The number of anilines is 2. The molecule has 0 fully saturated rings. The molecule has 2 N–H and O–H groups in total. The van der Waals surface area contributed by atoms with E-state index in [1.54, 1.807) is 30.3 Å². The number of nitrogens with one attached hydrogen (secondary N) is 1. The summed E-state index contributed by atoms with van der Waals surface area (Å²) in [6, 6.07) is 11.3. The molecule has 0 aliphatic carbocycles. The number of para-hydroxylation sites is 1. The zero-order chi connectivity index (χ0) is 13.8. The summed E-state index contributed by atoms with van der Waals surface area (Å²) in [6.45, 7) is 0. The van der Waals surface area contributed by atoms with Gasteiger partial charge in [0.15, 0.2) is 0 Å². The fraction of sp³-hybridized carbons (Fsp3) is 0.0714. The minimum absolute atomic E-state index is 0.0146. The smallest absolute Gasteiger partial charge is 0.307 e. The van der Waals surface area contributed by atoms with Gasteiger partial charge in [0.25, 0.3) is 0 Å². The molecule has 0 aliphatic heterocycles. The number of carboxylic acid groups (broad SMARTS) is 1. The van der Waals surface area contributed by atoms with Gasteiger partial charge in [-0.2, -0.15) is 0 Å². The third-order valence-electron chi connectivity index (χ3n) is 2.56. The minimum Gasteiger partial charge on any atom is -0.481 e. The Kier molecular flexibility index (Phi) is 4.02. The van der Waals surface area contributed by atoms with Crippen molar-refractivity contribution in [3.63, 3.8) is 0 Å². The van der Waals surface area contributed by atoms with Gasteiger partial charge >= 0.3 is 5.97 Å². The molecule has 0 aliphatic rings. The van der Waals surface area contributed by atoms with Crippen molar-refractivity contribution < 1.29 is 14.3 Å². The highest BCUT2D eigenvalue weighted by atomic mass is 35.5. The summed E-state index contributed by atoms with van der Waals surface area (Å²) in [5.74, 6) is -1.41. The molecule has 0 bridgehead atoms. The van der Waals surface area contributed by atoms with Crippen molar-refractivity contribution >= 4 is 28.9 Å². The fourth-order valence-electron chi connectivity index (χ4n) is 1.69. The molecule has 0 atom stereocenters. The molecule has 2 aromatic rings. The number of benzene rings is 2. The van der Waals surface area contributed by atoms with Crippen molar-refractivity contribution in [1.29, 1.82) is 0 Å². The summed E-state index contributed by atoms with van der Waals surface area (Å²) in [5.41, 5.74) is 1.91. The van der Waals surface area contributed by atoms with Crippen LogP contribution >= 0.6 is 11.6 Å². The lowest BCUT2D eigenvalue weighted by Gasteiger charge is -2.11. The first-order valence-electron chi connectivity index (χ1n) is 5.58. The summed E-state index contributed by atoms with van der Waals surface area (Å²) < 4.78 is 13.1. The van der Waals surface area contributed by atoms with E-state index < -0.39 is 11.8 Å². The Morgan fingerprint density at radius 1 is 1.26 bits per heavy atom. The first kappa shape index (κ1) is 13.4. The molecule has 0 saturated heterocycles. The van der Waals surface area contributed by atoms with Gasteiger partial charge in [0, 0.05) is 11.4 Å². The topological polar surface area (TPSA) is 49.3 Å². The van der Waals surface area contributed by atoms with E-state index in [2.05, 4.69) is 5.32 Å². The van der Waals surface area contributed by atoms with Crippen LogP contribution in [-0.4, -0.2) is 11.1 Å². The van der Waals surface area contributed by atoms with Gasteiger partial charge in [-0.15, -0.1) is 0 Å². The number of hydrogen-bond acceptors (Lipinski definition) is 2. The molecule has 0 amide bonds. The quantitative estimate of drug-likeness (QED) is 0.894. The summed E-state index contributed by atoms with van der Waals surface area (Å²) in [7, 11) is 0. The Labute approximate surface area is 114 Å². The van der Waals surface area contributed by atoms with E-state index >= 15 is 0 Å². The highest BCUT2D eigenvalue weighted by Gasteiger charge is 2.07. The molecule has 0 spiro atoms. The first-order chi connectivity index (χ1) is 9.06. The highest BCUT2D eigenvalue weighted by Crippen LogP contribution is 2.25. The third-order valence-corrected chi connectivity index (χ3v) is 2.85. The average Bonchev–Trinajstić information content (AvgIpc) is 2.36. The van der Waals surface area contributed by atoms with E-state index in [1.165, 1.54) is 12.1 Å². The molecule has 5 heteroatoms. The predicted octanol–water partition coefficient (Wildman–Crippen LogP) is 3.85. The fourth-order valence-corrected chi connectivity index (χ4v) is 1.87. The third kappa shape index (κ3) is 3.45. The molecule has 0 heterocycles. The number of halogens is 2. The second kappa shape index (κ2) is 5.71. The molecular weight excluding hydrogens is 269 g/mol. The van der Waals surface area contributed by atoms with Gasteiger partial charge in [-0.25, -0.2) is 4.39 Å². The van der Waals surface area contributed by atoms with Crippen LogP contribution in [0.1, 0.15) is 5.56 Å². The van der Waals surface area contributed by atoms with Crippen LogP contribution in [0.3, 0.4) is 0 Å². The Balaban J connectivity index is 2.27. The number of carboxylic acids is 1. The molecule has 0 saturated carbocycles. The van der Waals surface area contributed by atoms with Crippen molar-refractivity contribution in [2.24, 2.45) is 0 Å². The zero-order valence-electron chi connectivity index (χ0n) is 9.86. The number of rotatable bonds is 4. The second-order valence-corrected chi connectivity index (χ2v) is 4.39. The number of aliphatic carboxylic acids is 1. The molecule has 2 aromatic carbocycles. The molecule has 0 aromatic heterocycles. The van der Waals surface area contributed by atoms with E-state index in [0.717, 1.165) is 0 Å². The van der Waals surface area contributed by atoms with Crippen LogP contribution in [0.25, 0.3) is 0 Å². The molecular formula is C14H11ClFNO2. The van der Waals surface area contributed by atoms with Gasteiger partial charge in [-0.1, -0.05) is 29.8 Å². The van der Waals surface area contributed by atoms with Crippen LogP contribution in [0.4, 0.5) is 15.8 Å². The Morgan fingerprint density at radius 2 is 2.00 bits per heavy atom.